The van der Waals surface area contributed by atoms with Gasteiger partial charge in [0.25, 0.3) is 0 Å². The number of nitriles is 1. The molecule has 3 rings (SSSR count). The molecule has 3 aromatic carbocycles. The van der Waals surface area contributed by atoms with Crippen LogP contribution in [0.1, 0.15) is 5.56 Å². The first kappa shape index (κ1) is 16.3. The molecule has 0 spiro atoms. The second kappa shape index (κ2) is 7.31. The number of hydrogen-bond donors (Lipinski definition) is 0. The fourth-order valence-electron chi connectivity index (χ4n) is 2.32. The van der Waals surface area contributed by atoms with Crippen molar-refractivity contribution in [1.82, 2.24) is 0 Å². The number of hydrogen-bond acceptors (Lipinski definition) is 3. The van der Waals surface area contributed by atoms with Crippen molar-refractivity contribution in [3.05, 3.63) is 78.4 Å². The Morgan fingerprint density at radius 1 is 0.917 bits per heavy atom. The van der Waals surface area contributed by atoms with E-state index < -0.39 is 10.0 Å². The summed E-state index contributed by atoms with van der Waals surface area (Å²) in [4.78, 5) is 0.372. The van der Waals surface area contributed by atoms with Crippen molar-refractivity contribution < 1.29 is 8.95 Å². The van der Waals surface area contributed by atoms with E-state index in [9.17, 15) is 9.47 Å². The molecule has 5 heteroatoms. The normalized spacial score (nSPS) is 11.5. The van der Waals surface area contributed by atoms with Crippen molar-refractivity contribution in [2.24, 2.45) is 0 Å². The molecule has 1 atom stereocenters. The van der Waals surface area contributed by atoms with Crippen molar-refractivity contribution in [2.45, 2.75) is 4.90 Å². The molecule has 118 valence electrons. The number of halogens is 1. The van der Waals surface area contributed by atoms with Gasteiger partial charge in [0, 0.05) is 5.56 Å². The molecule has 0 aliphatic heterocycles. The van der Waals surface area contributed by atoms with Crippen LogP contribution in [0.5, 0.6) is 11.5 Å². The van der Waals surface area contributed by atoms with Crippen LogP contribution in [0.15, 0.2) is 77.7 Å². The lowest BCUT2D eigenvalue weighted by Gasteiger charge is -2.12. The van der Waals surface area contributed by atoms with E-state index in [1.165, 1.54) is 6.07 Å². The van der Waals surface area contributed by atoms with Gasteiger partial charge in [0.1, 0.15) is 27.6 Å². The first-order valence-electron chi connectivity index (χ1n) is 7.13. The SMILES string of the molecule is N#Cc1cc(S(=O)Cl)ccc1Oc1ccccc1-c1ccccc1. The molecule has 3 aromatic rings. The maximum Gasteiger partial charge on any atom is 0.147 e. The van der Waals surface area contributed by atoms with E-state index in [1.807, 2.05) is 54.6 Å². The highest BCUT2D eigenvalue weighted by molar-refractivity contribution is 8.08. The van der Waals surface area contributed by atoms with Gasteiger partial charge in [-0.05, 0) is 40.5 Å². The summed E-state index contributed by atoms with van der Waals surface area (Å²) in [5.41, 5.74) is 2.22. The van der Waals surface area contributed by atoms with Gasteiger partial charge in [0.05, 0.1) is 10.5 Å². The third-order valence-corrected chi connectivity index (χ3v) is 4.61. The zero-order chi connectivity index (χ0) is 16.9. The van der Waals surface area contributed by atoms with E-state index in [1.54, 1.807) is 12.1 Å². The van der Waals surface area contributed by atoms with Crippen LogP contribution in [0, 0.1) is 11.3 Å². The second-order valence-electron chi connectivity index (χ2n) is 4.96. The third kappa shape index (κ3) is 3.48. The smallest absolute Gasteiger partial charge is 0.147 e. The molecule has 24 heavy (non-hydrogen) atoms. The van der Waals surface area contributed by atoms with Gasteiger partial charge in [-0.2, -0.15) is 5.26 Å². The van der Waals surface area contributed by atoms with Crippen LogP contribution >= 0.6 is 10.7 Å². The Hall–Kier alpha value is -2.61. The molecule has 0 bridgehead atoms. The fraction of sp³-hybridized carbons (Fsp3) is 0. The van der Waals surface area contributed by atoms with Crippen LogP contribution in [-0.2, 0) is 10.0 Å². The molecular formula is C19H12ClNO2S. The Labute approximate surface area is 147 Å². The monoisotopic (exact) mass is 353 g/mol. The van der Waals surface area contributed by atoms with Crippen LogP contribution in [0.3, 0.4) is 0 Å². The van der Waals surface area contributed by atoms with Crippen molar-refractivity contribution in [3.8, 4) is 28.7 Å². The summed E-state index contributed by atoms with van der Waals surface area (Å²) in [5.74, 6) is 1.03. The molecule has 0 saturated heterocycles. The highest BCUT2D eigenvalue weighted by Gasteiger charge is 2.12. The zero-order valence-electron chi connectivity index (χ0n) is 12.5. The minimum Gasteiger partial charge on any atom is -0.455 e. The minimum absolute atomic E-state index is 0.282. The molecule has 0 heterocycles. The zero-order valence-corrected chi connectivity index (χ0v) is 14.1. The quantitative estimate of drug-likeness (QED) is 0.599. The summed E-state index contributed by atoms with van der Waals surface area (Å²) in [5, 5.41) is 9.32. The highest BCUT2D eigenvalue weighted by Crippen LogP contribution is 2.34. The maximum absolute atomic E-state index is 11.3. The Bertz CT molecular complexity index is 936. The summed E-state index contributed by atoms with van der Waals surface area (Å²) in [7, 11) is 3.91. The largest absolute Gasteiger partial charge is 0.455 e. The molecule has 0 amide bonds. The molecule has 0 N–H and O–H groups in total. The van der Waals surface area contributed by atoms with E-state index in [-0.39, 0.29) is 5.56 Å². The van der Waals surface area contributed by atoms with Gasteiger partial charge in [-0.3, -0.25) is 0 Å². The minimum atomic E-state index is -1.66. The van der Waals surface area contributed by atoms with Gasteiger partial charge in [-0.1, -0.05) is 48.5 Å². The van der Waals surface area contributed by atoms with Crippen LogP contribution in [0.2, 0.25) is 0 Å². The molecule has 0 aliphatic carbocycles. The summed E-state index contributed by atoms with van der Waals surface area (Å²) in [6, 6.07) is 24.2. The fourth-order valence-corrected chi connectivity index (χ4v) is 2.99. The lowest BCUT2D eigenvalue weighted by Crippen LogP contribution is -1.92. The summed E-state index contributed by atoms with van der Waals surface area (Å²) < 4.78 is 17.3. The number of benzene rings is 3. The molecule has 0 saturated carbocycles. The van der Waals surface area contributed by atoms with Crippen molar-refractivity contribution in [1.29, 1.82) is 5.26 Å². The highest BCUT2D eigenvalue weighted by atomic mass is 35.7. The average molecular weight is 354 g/mol. The van der Waals surface area contributed by atoms with E-state index in [0.29, 0.717) is 16.4 Å². The summed E-state index contributed by atoms with van der Waals surface area (Å²) >= 11 is 0. The van der Waals surface area contributed by atoms with Crippen molar-refractivity contribution >= 4 is 20.7 Å². The number of ether oxygens (including phenoxy) is 1. The Balaban J connectivity index is 2.01. The average Bonchev–Trinajstić information content (AvgIpc) is 2.63. The molecule has 3 nitrogen and oxygen atoms in total. The molecule has 0 aliphatic rings. The first-order chi connectivity index (χ1) is 11.7. The maximum atomic E-state index is 11.3. The van der Waals surface area contributed by atoms with E-state index in [0.717, 1.165) is 11.1 Å². The van der Waals surface area contributed by atoms with Crippen LogP contribution in [0.25, 0.3) is 11.1 Å². The standard InChI is InChI=1S/C19H12ClNO2S/c20-24(22)16-10-11-18(15(12-16)13-21)23-19-9-5-4-8-17(19)14-6-2-1-3-7-14/h1-12H. The van der Waals surface area contributed by atoms with Crippen LogP contribution < -0.4 is 4.74 Å². The number of nitrogens with zero attached hydrogens (tertiary/aromatic N) is 1. The van der Waals surface area contributed by atoms with E-state index >= 15 is 0 Å². The second-order valence-corrected chi connectivity index (χ2v) is 6.72. The summed E-state index contributed by atoms with van der Waals surface area (Å²) in [6.07, 6.45) is 0. The molecule has 0 fully saturated rings. The van der Waals surface area contributed by atoms with Crippen LogP contribution in [-0.4, -0.2) is 4.21 Å². The Kier molecular flexibility index (Phi) is 4.95. The molecule has 0 aromatic heterocycles. The van der Waals surface area contributed by atoms with Gasteiger partial charge in [0.15, 0.2) is 0 Å². The predicted octanol–water partition coefficient (Wildman–Crippen LogP) is 5.28. The lowest BCUT2D eigenvalue weighted by atomic mass is 10.0. The van der Waals surface area contributed by atoms with Gasteiger partial charge in [-0.25, -0.2) is 4.21 Å². The van der Waals surface area contributed by atoms with Crippen LogP contribution in [0.4, 0.5) is 0 Å². The number of para-hydroxylation sites is 1. The summed E-state index contributed by atoms with van der Waals surface area (Å²) in [6.45, 7) is 0. The molecular weight excluding hydrogens is 342 g/mol. The Morgan fingerprint density at radius 3 is 2.33 bits per heavy atom. The van der Waals surface area contributed by atoms with Gasteiger partial charge >= 0.3 is 0 Å². The van der Waals surface area contributed by atoms with E-state index in [4.69, 9.17) is 15.4 Å². The van der Waals surface area contributed by atoms with Crippen molar-refractivity contribution in [2.75, 3.05) is 0 Å². The van der Waals surface area contributed by atoms with Gasteiger partial charge < -0.3 is 4.74 Å². The third-order valence-electron chi connectivity index (χ3n) is 3.45. The van der Waals surface area contributed by atoms with Crippen molar-refractivity contribution in [3.63, 3.8) is 0 Å². The Morgan fingerprint density at radius 2 is 1.62 bits per heavy atom. The van der Waals surface area contributed by atoms with E-state index in [2.05, 4.69) is 6.07 Å². The lowest BCUT2D eigenvalue weighted by molar-refractivity contribution is 0.482. The predicted molar refractivity (Wildman–Crippen MR) is 95.4 cm³/mol. The molecule has 1 unspecified atom stereocenters. The van der Waals surface area contributed by atoms with Gasteiger partial charge in [-0.15, -0.1) is 0 Å². The first-order valence-corrected chi connectivity index (χ1v) is 9.11. The van der Waals surface area contributed by atoms with Gasteiger partial charge in [0.2, 0.25) is 0 Å². The molecule has 0 radical (unpaired) electrons. The topological polar surface area (TPSA) is 50.1 Å². The number of rotatable bonds is 4.